The van der Waals surface area contributed by atoms with Crippen LogP contribution in [0.2, 0.25) is 0 Å². The number of anilines is 1. The molecule has 1 unspecified atom stereocenters. The largest absolute Gasteiger partial charge is 0.497 e. The van der Waals surface area contributed by atoms with Crippen molar-refractivity contribution >= 4 is 17.5 Å². The highest BCUT2D eigenvalue weighted by atomic mass is 16.5. The SMILES string of the molecule is COc1ccc2c(c1)CC(CCNC(C)=O)C(=O)N2. The van der Waals surface area contributed by atoms with Crippen molar-refractivity contribution in [2.75, 3.05) is 19.0 Å². The quantitative estimate of drug-likeness (QED) is 0.860. The van der Waals surface area contributed by atoms with E-state index < -0.39 is 0 Å². The Labute approximate surface area is 112 Å². The maximum absolute atomic E-state index is 11.9. The molecular formula is C14H18N2O3. The van der Waals surface area contributed by atoms with Gasteiger partial charge in [-0.3, -0.25) is 9.59 Å². The smallest absolute Gasteiger partial charge is 0.227 e. The van der Waals surface area contributed by atoms with Gasteiger partial charge in [0.05, 0.1) is 7.11 Å². The molecule has 0 saturated heterocycles. The first kappa shape index (κ1) is 13.4. The van der Waals surface area contributed by atoms with Crippen molar-refractivity contribution in [3.63, 3.8) is 0 Å². The zero-order valence-corrected chi connectivity index (χ0v) is 11.2. The van der Waals surface area contributed by atoms with E-state index >= 15 is 0 Å². The van der Waals surface area contributed by atoms with E-state index in [0.717, 1.165) is 17.0 Å². The highest BCUT2D eigenvalue weighted by molar-refractivity contribution is 5.95. The zero-order valence-electron chi connectivity index (χ0n) is 11.2. The lowest BCUT2D eigenvalue weighted by atomic mass is 9.90. The van der Waals surface area contributed by atoms with Crippen LogP contribution in [0.15, 0.2) is 18.2 Å². The van der Waals surface area contributed by atoms with Crippen molar-refractivity contribution in [3.05, 3.63) is 23.8 Å². The van der Waals surface area contributed by atoms with Crippen molar-refractivity contribution in [2.45, 2.75) is 19.8 Å². The molecule has 0 aliphatic carbocycles. The molecule has 5 nitrogen and oxygen atoms in total. The Morgan fingerprint density at radius 2 is 2.32 bits per heavy atom. The monoisotopic (exact) mass is 262 g/mol. The highest BCUT2D eigenvalue weighted by Crippen LogP contribution is 2.30. The Balaban J connectivity index is 2.04. The molecule has 19 heavy (non-hydrogen) atoms. The summed E-state index contributed by atoms with van der Waals surface area (Å²) in [6, 6.07) is 5.63. The molecule has 1 aliphatic heterocycles. The third-order valence-corrected chi connectivity index (χ3v) is 3.27. The summed E-state index contributed by atoms with van der Waals surface area (Å²) >= 11 is 0. The predicted octanol–water partition coefficient (Wildman–Crippen LogP) is 1.33. The van der Waals surface area contributed by atoms with Crippen LogP contribution in [0.1, 0.15) is 18.9 Å². The molecule has 1 atom stereocenters. The maximum Gasteiger partial charge on any atom is 0.227 e. The highest BCUT2D eigenvalue weighted by Gasteiger charge is 2.25. The summed E-state index contributed by atoms with van der Waals surface area (Å²) in [5.74, 6) is 0.628. The van der Waals surface area contributed by atoms with Crippen LogP contribution in [0.25, 0.3) is 0 Å². The molecule has 1 aromatic carbocycles. The summed E-state index contributed by atoms with van der Waals surface area (Å²) in [6.45, 7) is 1.99. The second kappa shape index (κ2) is 5.73. The van der Waals surface area contributed by atoms with Crippen LogP contribution >= 0.6 is 0 Å². The fourth-order valence-corrected chi connectivity index (χ4v) is 2.24. The lowest BCUT2D eigenvalue weighted by Gasteiger charge is -2.25. The zero-order chi connectivity index (χ0) is 13.8. The number of amides is 2. The van der Waals surface area contributed by atoms with Crippen LogP contribution in [0.4, 0.5) is 5.69 Å². The second-order valence-corrected chi connectivity index (χ2v) is 4.69. The van der Waals surface area contributed by atoms with Gasteiger partial charge in [-0.05, 0) is 36.6 Å². The van der Waals surface area contributed by atoms with Gasteiger partial charge in [0.25, 0.3) is 0 Å². The number of benzene rings is 1. The molecule has 1 aliphatic rings. The van der Waals surface area contributed by atoms with Gasteiger partial charge in [0, 0.05) is 25.1 Å². The van der Waals surface area contributed by atoms with E-state index in [1.807, 2.05) is 18.2 Å². The molecule has 1 aromatic rings. The van der Waals surface area contributed by atoms with Gasteiger partial charge >= 0.3 is 0 Å². The van der Waals surface area contributed by atoms with E-state index in [9.17, 15) is 9.59 Å². The molecule has 0 bridgehead atoms. The van der Waals surface area contributed by atoms with Gasteiger partial charge in [0.15, 0.2) is 0 Å². The number of fused-ring (bicyclic) bond motifs is 1. The number of ether oxygens (including phenoxy) is 1. The molecule has 0 fully saturated rings. The third-order valence-electron chi connectivity index (χ3n) is 3.27. The molecular weight excluding hydrogens is 244 g/mol. The number of carbonyl (C=O) groups excluding carboxylic acids is 2. The normalized spacial score (nSPS) is 17.4. The van der Waals surface area contributed by atoms with Crippen LogP contribution in [0.3, 0.4) is 0 Å². The van der Waals surface area contributed by atoms with Gasteiger partial charge in [0.2, 0.25) is 11.8 Å². The minimum atomic E-state index is -0.105. The lowest BCUT2D eigenvalue weighted by molar-refractivity contribution is -0.121. The Bertz CT molecular complexity index is 499. The number of rotatable bonds is 4. The molecule has 0 saturated carbocycles. The molecule has 0 radical (unpaired) electrons. The van der Waals surface area contributed by atoms with E-state index in [4.69, 9.17) is 4.74 Å². The standard InChI is InChI=1S/C14H18N2O3/c1-9(17)15-6-5-10-7-11-8-12(19-2)3-4-13(11)16-14(10)18/h3-4,8,10H,5-7H2,1-2H3,(H,15,17)(H,16,18). The first-order chi connectivity index (χ1) is 9.10. The van der Waals surface area contributed by atoms with Crippen molar-refractivity contribution in [1.82, 2.24) is 5.32 Å². The summed E-state index contributed by atoms with van der Waals surface area (Å²) in [5.41, 5.74) is 1.92. The van der Waals surface area contributed by atoms with E-state index in [2.05, 4.69) is 10.6 Å². The average molecular weight is 262 g/mol. The van der Waals surface area contributed by atoms with Crippen LogP contribution in [-0.2, 0) is 16.0 Å². The summed E-state index contributed by atoms with van der Waals surface area (Å²) in [4.78, 5) is 22.8. The van der Waals surface area contributed by atoms with E-state index in [0.29, 0.717) is 19.4 Å². The predicted molar refractivity (Wildman–Crippen MR) is 72.1 cm³/mol. The fraction of sp³-hybridized carbons (Fsp3) is 0.429. The lowest BCUT2D eigenvalue weighted by Crippen LogP contribution is -2.33. The van der Waals surface area contributed by atoms with Gasteiger partial charge in [-0.2, -0.15) is 0 Å². The van der Waals surface area contributed by atoms with Crippen molar-refractivity contribution in [1.29, 1.82) is 0 Å². The number of carbonyl (C=O) groups is 2. The summed E-state index contributed by atoms with van der Waals surface area (Å²) in [5, 5.41) is 5.61. The van der Waals surface area contributed by atoms with Crippen molar-refractivity contribution in [3.8, 4) is 5.75 Å². The molecule has 1 heterocycles. The molecule has 0 spiro atoms. The molecule has 0 aromatic heterocycles. The number of hydrogen-bond acceptors (Lipinski definition) is 3. The summed E-state index contributed by atoms with van der Waals surface area (Å²) < 4.78 is 5.19. The maximum atomic E-state index is 11.9. The first-order valence-corrected chi connectivity index (χ1v) is 6.32. The third kappa shape index (κ3) is 3.24. The number of methoxy groups -OCH3 is 1. The van der Waals surface area contributed by atoms with Gasteiger partial charge in [-0.1, -0.05) is 0 Å². The van der Waals surface area contributed by atoms with Crippen LogP contribution in [0.5, 0.6) is 5.75 Å². The minimum Gasteiger partial charge on any atom is -0.497 e. The van der Waals surface area contributed by atoms with Gasteiger partial charge in [0.1, 0.15) is 5.75 Å². The fourth-order valence-electron chi connectivity index (χ4n) is 2.24. The molecule has 5 heteroatoms. The van der Waals surface area contributed by atoms with Gasteiger partial charge in [-0.15, -0.1) is 0 Å². The first-order valence-electron chi connectivity index (χ1n) is 6.32. The molecule has 2 N–H and O–H groups in total. The Hall–Kier alpha value is -2.04. The van der Waals surface area contributed by atoms with Crippen LogP contribution in [-0.4, -0.2) is 25.5 Å². The number of nitrogens with one attached hydrogen (secondary N) is 2. The summed E-state index contributed by atoms with van der Waals surface area (Å²) in [6.07, 6.45) is 1.32. The molecule has 2 amide bonds. The van der Waals surface area contributed by atoms with Crippen LogP contribution in [0, 0.1) is 5.92 Å². The van der Waals surface area contributed by atoms with E-state index in [1.54, 1.807) is 7.11 Å². The molecule has 102 valence electrons. The molecule has 2 rings (SSSR count). The van der Waals surface area contributed by atoms with Crippen LogP contribution < -0.4 is 15.4 Å². The Kier molecular flexibility index (Phi) is 4.04. The van der Waals surface area contributed by atoms with E-state index in [1.165, 1.54) is 6.92 Å². The average Bonchev–Trinajstić information content (AvgIpc) is 2.38. The van der Waals surface area contributed by atoms with Crippen molar-refractivity contribution < 1.29 is 14.3 Å². The van der Waals surface area contributed by atoms with Crippen molar-refractivity contribution in [2.24, 2.45) is 5.92 Å². The van der Waals surface area contributed by atoms with E-state index in [-0.39, 0.29) is 17.7 Å². The topological polar surface area (TPSA) is 67.4 Å². The number of hydrogen-bond donors (Lipinski definition) is 2. The Morgan fingerprint density at radius 3 is 3.00 bits per heavy atom. The minimum absolute atomic E-state index is 0.0167. The van der Waals surface area contributed by atoms with Gasteiger partial charge in [-0.25, -0.2) is 0 Å². The van der Waals surface area contributed by atoms with Gasteiger partial charge < -0.3 is 15.4 Å². The summed E-state index contributed by atoms with van der Waals surface area (Å²) in [7, 11) is 1.62. The Morgan fingerprint density at radius 1 is 1.53 bits per heavy atom. The second-order valence-electron chi connectivity index (χ2n) is 4.69.